The Morgan fingerprint density at radius 2 is 1.88 bits per heavy atom. The third kappa shape index (κ3) is 2.48. The molecule has 1 saturated heterocycles. The number of methoxy groups -OCH3 is 1. The summed E-state index contributed by atoms with van der Waals surface area (Å²) >= 11 is 0. The second-order valence-corrected chi connectivity index (χ2v) is 4.41. The Morgan fingerprint density at radius 1 is 1.24 bits per heavy atom. The molecule has 0 amide bonds. The molecule has 1 heterocycles. The molecule has 0 N–H and O–H groups in total. The summed E-state index contributed by atoms with van der Waals surface area (Å²) in [6.07, 6.45) is -1.13. The van der Waals surface area contributed by atoms with Crippen molar-refractivity contribution in [2.75, 3.05) is 7.11 Å². The molecular formula is C13H16O4. The summed E-state index contributed by atoms with van der Waals surface area (Å²) in [7, 11) is 1.35. The lowest BCUT2D eigenvalue weighted by atomic mass is 10.0. The van der Waals surface area contributed by atoms with Gasteiger partial charge in [-0.1, -0.05) is 30.3 Å². The summed E-state index contributed by atoms with van der Waals surface area (Å²) in [5, 5.41) is 0. The number of hydrogen-bond donors (Lipinski definition) is 0. The molecule has 2 atom stereocenters. The number of rotatable bonds is 2. The molecule has 4 nitrogen and oxygen atoms in total. The molecule has 0 aromatic heterocycles. The Labute approximate surface area is 100 Å². The maximum atomic E-state index is 11.7. The van der Waals surface area contributed by atoms with E-state index < -0.39 is 24.0 Å². The highest BCUT2D eigenvalue weighted by Gasteiger charge is 2.46. The predicted molar refractivity (Wildman–Crippen MR) is 61.2 cm³/mol. The minimum absolute atomic E-state index is 0.413. The smallest absolute Gasteiger partial charge is 0.338 e. The van der Waals surface area contributed by atoms with Gasteiger partial charge in [0, 0.05) is 0 Å². The van der Waals surface area contributed by atoms with Crippen LogP contribution < -0.4 is 0 Å². The molecule has 1 aromatic rings. The van der Waals surface area contributed by atoms with Gasteiger partial charge < -0.3 is 14.2 Å². The highest BCUT2D eigenvalue weighted by molar-refractivity contribution is 5.76. The molecule has 4 heteroatoms. The number of carbonyl (C=O) groups excluding carboxylic acids is 1. The number of carbonyl (C=O) groups is 1. The van der Waals surface area contributed by atoms with Gasteiger partial charge in [-0.05, 0) is 19.4 Å². The molecule has 0 spiro atoms. The molecule has 92 valence electrons. The summed E-state index contributed by atoms with van der Waals surface area (Å²) in [5.41, 5.74) is 0.911. The lowest BCUT2D eigenvalue weighted by molar-refractivity contribution is -0.168. The van der Waals surface area contributed by atoms with E-state index in [0.29, 0.717) is 0 Å². The van der Waals surface area contributed by atoms with Gasteiger partial charge in [0.2, 0.25) is 0 Å². The fraction of sp³-hybridized carbons (Fsp3) is 0.462. The highest BCUT2D eigenvalue weighted by Crippen LogP contribution is 2.38. The maximum Gasteiger partial charge on any atom is 0.338 e. The van der Waals surface area contributed by atoms with Crippen LogP contribution >= 0.6 is 0 Å². The zero-order valence-electron chi connectivity index (χ0n) is 10.2. The first-order valence-electron chi connectivity index (χ1n) is 5.52. The average molecular weight is 236 g/mol. The van der Waals surface area contributed by atoms with Crippen molar-refractivity contribution in [2.24, 2.45) is 0 Å². The molecule has 1 fully saturated rings. The van der Waals surface area contributed by atoms with Crippen molar-refractivity contribution in [1.29, 1.82) is 0 Å². The van der Waals surface area contributed by atoms with Crippen LogP contribution in [0.25, 0.3) is 0 Å². The number of ether oxygens (including phenoxy) is 3. The summed E-state index contributed by atoms with van der Waals surface area (Å²) < 4.78 is 16.1. The largest absolute Gasteiger partial charge is 0.467 e. The van der Waals surface area contributed by atoms with Gasteiger partial charge in [0.15, 0.2) is 11.9 Å². The quantitative estimate of drug-likeness (QED) is 0.737. The van der Waals surface area contributed by atoms with Gasteiger partial charge in [-0.2, -0.15) is 0 Å². The SMILES string of the molecule is COC(=O)[C@@H]1OC(C)(C)O[C@@H]1c1ccccc1. The van der Waals surface area contributed by atoms with E-state index in [1.165, 1.54) is 7.11 Å². The van der Waals surface area contributed by atoms with Crippen LogP contribution in [-0.2, 0) is 19.0 Å². The van der Waals surface area contributed by atoms with Gasteiger partial charge in [0.05, 0.1) is 7.11 Å². The van der Waals surface area contributed by atoms with Crippen LogP contribution in [-0.4, -0.2) is 25.0 Å². The number of hydrogen-bond acceptors (Lipinski definition) is 4. The minimum Gasteiger partial charge on any atom is -0.467 e. The van der Waals surface area contributed by atoms with Crippen molar-refractivity contribution < 1.29 is 19.0 Å². The minimum atomic E-state index is -0.778. The van der Waals surface area contributed by atoms with Crippen molar-refractivity contribution in [3.63, 3.8) is 0 Å². The molecule has 1 aliphatic rings. The van der Waals surface area contributed by atoms with Crippen LogP contribution in [0, 0.1) is 0 Å². The molecule has 1 aliphatic heterocycles. The zero-order chi connectivity index (χ0) is 12.5. The van der Waals surface area contributed by atoms with E-state index in [2.05, 4.69) is 0 Å². The van der Waals surface area contributed by atoms with E-state index in [1.807, 2.05) is 30.3 Å². The lowest BCUT2D eigenvalue weighted by Crippen LogP contribution is -2.28. The normalized spacial score (nSPS) is 26.8. The van der Waals surface area contributed by atoms with Gasteiger partial charge in [0.1, 0.15) is 6.10 Å². The van der Waals surface area contributed by atoms with E-state index in [9.17, 15) is 4.79 Å². The Balaban J connectivity index is 2.28. The molecule has 0 radical (unpaired) electrons. The zero-order valence-corrected chi connectivity index (χ0v) is 10.2. The van der Waals surface area contributed by atoms with E-state index in [1.54, 1.807) is 13.8 Å². The van der Waals surface area contributed by atoms with E-state index in [0.717, 1.165) is 5.56 Å². The maximum absolute atomic E-state index is 11.7. The van der Waals surface area contributed by atoms with Gasteiger partial charge in [0.25, 0.3) is 0 Å². The Hall–Kier alpha value is -1.39. The molecule has 0 unspecified atom stereocenters. The number of esters is 1. The van der Waals surface area contributed by atoms with Crippen molar-refractivity contribution in [3.05, 3.63) is 35.9 Å². The molecular weight excluding hydrogens is 220 g/mol. The summed E-state index contributed by atoms with van der Waals surface area (Å²) in [5.74, 6) is -1.19. The Morgan fingerprint density at radius 3 is 2.47 bits per heavy atom. The summed E-state index contributed by atoms with van der Waals surface area (Å²) in [4.78, 5) is 11.7. The first kappa shape index (κ1) is 12.1. The van der Waals surface area contributed by atoms with Gasteiger partial charge >= 0.3 is 5.97 Å². The van der Waals surface area contributed by atoms with E-state index in [4.69, 9.17) is 14.2 Å². The van der Waals surface area contributed by atoms with Gasteiger partial charge in [-0.25, -0.2) is 4.79 Å². The third-order valence-corrected chi connectivity index (χ3v) is 2.66. The van der Waals surface area contributed by atoms with Crippen LogP contribution in [0.4, 0.5) is 0 Å². The van der Waals surface area contributed by atoms with Crippen molar-refractivity contribution in [2.45, 2.75) is 31.8 Å². The lowest BCUT2D eigenvalue weighted by Gasteiger charge is -2.16. The standard InChI is InChI=1S/C13H16O4/c1-13(2)16-10(9-7-5-4-6-8-9)11(17-13)12(14)15-3/h4-8,10-11H,1-3H3/t10-,11-/m1/s1. The van der Waals surface area contributed by atoms with Crippen molar-refractivity contribution in [3.8, 4) is 0 Å². The van der Waals surface area contributed by atoms with Crippen molar-refractivity contribution in [1.82, 2.24) is 0 Å². The second kappa shape index (κ2) is 4.47. The number of benzene rings is 1. The topological polar surface area (TPSA) is 44.8 Å². The first-order chi connectivity index (χ1) is 8.03. The molecule has 1 aromatic carbocycles. The van der Waals surface area contributed by atoms with E-state index >= 15 is 0 Å². The van der Waals surface area contributed by atoms with Crippen molar-refractivity contribution >= 4 is 5.97 Å². The fourth-order valence-electron chi connectivity index (χ4n) is 1.94. The molecule has 0 bridgehead atoms. The Bertz CT molecular complexity index is 399. The predicted octanol–water partition coefficient (Wildman–Crippen LogP) is 2.05. The molecule has 17 heavy (non-hydrogen) atoms. The second-order valence-electron chi connectivity index (χ2n) is 4.41. The van der Waals surface area contributed by atoms with Crippen LogP contribution in [0.2, 0.25) is 0 Å². The highest BCUT2D eigenvalue weighted by atomic mass is 16.8. The summed E-state index contributed by atoms with van der Waals surface area (Å²) in [6.45, 7) is 3.57. The molecule has 2 rings (SSSR count). The van der Waals surface area contributed by atoms with Gasteiger partial charge in [-0.3, -0.25) is 0 Å². The van der Waals surface area contributed by atoms with Gasteiger partial charge in [-0.15, -0.1) is 0 Å². The average Bonchev–Trinajstić information content (AvgIpc) is 2.65. The van der Waals surface area contributed by atoms with E-state index in [-0.39, 0.29) is 0 Å². The van der Waals surface area contributed by atoms with Crippen LogP contribution in [0.5, 0.6) is 0 Å². The molecule has 0 aliphatic carbocycles. The molecule has 0 saturated carbocycles. The van der Waals surface area contributed by atoms with Crippen LogP contribution in [0.15, 0.2) is 30.3 Å². The third-order valence-electron chi connectivity index (χ3n) is 2.66. The summed E-state index contributed by atoms with van der Waals surface area (Å²) in [6, 6.07) is 9.53. The first-order valence-corrected chi connectivity index (χ1v) is 5.52. The van der Waals surface area contributed by atoms with Crippen LogP contribution in [0.1, 0.15) is 25.5 Å². The van der Waals surface area contributed by atoms with Crippen LogP contribution in [0.3, 0.4) is 0 Å². The Kier molecular flexibility index (Phi) is 3.17. The fourth-order valence-corrected chi connectivity index (χ4v) is 1.94. The monoisotopic (exact) mass is 236 g/mol.